The van der Waals surface area contributed by atoms with Crippen LogP contribution in [0.1, 0.15) is 79.3 Å². The maximum Gasteiger partial charge on any atom is 0.310 e. The van der Waals surface area contributed by atoms with E-state index in [1.807, 2.05) is 13.8 Å². The molecule has 4 aromatic heterocycles. The van der Waals surface area contributed by atoms with E-state index < -0.39 is 56.0 Å². The number of aromatic nitrogens is 8. The Morgan fingerprint density at radius 3 is 1.45 bits per heavy atom. The van der Waals surface area contributed by atoms with Crippen LogP contribution in [0.3, 0.4) is 0 Å². The van der Waals surface area contributed by atoms with Crippen molar-refractivity contribution in [2.45, 2.75) is 64.4 Å². The molecule has 4 heterocycles. The van der Waals surface area contributed by atoms with Gasteiger partial charge in [-0.25, -0.2) is 29.9 Å². The molecule has 0 radical (unpaired) electrons. The summed E-state index contributed by atoms with van der Waals surface area (Å²) < 4.78 is 103. The highest BCUT2D eigenvalue weighted by atomic mass is 35.7. The minimum Gasteiger partial charge on any atom is -0.361 e. The van der Waals surface area contributed by atoms with Crippen LogP contribution in [0.25, 0.3) is 0 Å². The lowest BCUT2D eigenvalue weighted by Gasteiger charge is -2.14. The second kappa shape index (κ2) is 21.0. The third-order valence-electron chi connectivity index (χ3n) is 9.61. The first-order valence-corrected chi connectivity index (χ1v) is 28.1. The van der Waals surface area contributed by atoms with Crippen LogP contribution in [-0.2, 0) is 66.0 Å². The van der Waals surface area contributed by atoms with E-state index in [1.54, 1.807) is 36.4 Å². The number of nitrogens with zero attached hydrogens (tertiary/aromatic N) is 7. The van der Waals surface area contributed by atoms with Crippen molar-refractivity contribution in [2.24, 2.45) is 14.1 Å². The molecule has 0 unspecified atom stereocenters. The van der Waals surface area contributed by atoms with Gasteiger partial charge in [0.15, 0.2) is 19.7 Å². The summed E-state index contributed by atoms with van der Waals surface area (Å²) in [7, 11) is -6.76. The monoisotopic (exact) mass is 1060 g/mol. The van der Waals surface area contributed by atoms with E-state index in [9.17, 15) is 48.1 Å². The molecular weight excluding hydrogens is 1020 g/mol. The average Bonchev–Trinajstić information content (AvgIpc) is 3.96. The van der Waals surface area contributed by atoms with Crippen LogP contribution in [0.5, 0.6) is 5.88 Å². The molecule has 0 saturated carbocycles. The van der Waals surface area contributed by atoms with Gasteiger partial charge in [0.05, 0.1) is 62.5 Å². The lowest BCUT2D eigenvalue weighted by atomic mass is 10.0. The number of hydrogen-bond donors (Lipinski definition) is 1. The number of carbonyl (C=O) groups is 2. The first kappa shape index (κ1) is 54.5. The Morgan fingerprint density at radius 1 is 0.701 bits per heavy atom. The quantitative estimate of drug-likeness (QED) is 0.0877. The van der Waals surface area contributed by atoms with Gasteiger partial charge in [0.25, 0.3) is 5.56 Å². The van der Waals surface area contributed by atoms with Gasteiger partial charge in [-0.05, 0) is 70.0 Å². The summed E-state index contributed by atoms with van der Waals surface area (Å²) in [5, 5.41) is 15.1. The van der Waals surface area contributed by atoms with Crippen molar-refractivity contribution >= 4 is 84.3 Å². The molecule has 0 fully saturated rings. The van der Waals surface area contributed by atoms with Crippen LogP contribution in [0.15, 0.2) is 63.6 Å². The van der Waals surface area contributed by atoms with E-state index in [0.717, 1.165) is 28.3 Å². The molecule has 0 saturated heterocycles. The Hall–Kier alpha value is -5.11. The molecule has 20 nitrogen and oxygen atoms in total. The molecule has 67 heavy (non-hydrogen) atoms. The zero-order chi connectivity index (χ0) is 50.7. The van der Waals surface area contributed by atoms with Crippen LogP contribution >= 0.6 is 33.9 Å². The smallest absolute Gasteiger partial charge is 0.310 e. The highest BCUT2D eigenvalue weighted by Gasteiger charge is 2.30. The summed E-state index contributed by atoms with van der Waals surface area (Å²) in [6.07, 6.45) is 8.82. The van der Waals surface area contributed by atoms with Gasteiger partial charge in [0.2, 0.25) is 26.5 Å². The average molecular weight is 1070 g/mol. The van der Waals surface area contributed by atoms with Crippen molar-refractivity contribution in [3.8, 4) is 5.88 Å². The molecule has 0 bridgehead atoms. The van der Waals surface area contributed by atoms with Gasteiger partial charge in [0, 0.05) is 77.6 Å². The zero-order valence-electron chi connectivity index (χ0n) is 37.7. The standard InChI is InChI=1S/C20H23ClN4O6S2.C18H19ClN4O4S.C2H5ClO2S/c1-6-33(29,30)31-20-17(13(3)23-24(20)4)19(26)14-7-8-16(32(5,27)28)15(18(14)21)11-25-10-12(2)9-22-25;1-10-7-20-23(8-10)9-13-14(28(4,26)27)6-5-12(16(13)19)17(24)15-11(2)21-22(3)18(15)25;1-2-6(3,4)5/h7-10H,6,11H2,1-5H3;5-8,21H,9H2,1-4H3;2H2,1H3. The lowest BCUT2D eigenvalue weighted by molar-refractivity contribution is 0.102. The fraction of sp³-hybridized carbons (Fsp3) is 0.350. The SMILES string of the molecule is CCS(=O)(=O)Cl.CCS(=O)(=O)Oc1c(C(=O)c2ccc(S(C)(=O)=O)c(Cn3cc(C)cn3)c2Cl)c(C)nn1C.Cc1cnn(Cc2c(S(C)(=O)=O)ccc(C(=O)c3c(C)[nH]n(C)c3=O)c2Cl)c1. The number of sulfone groups is 2. The fourth-order valence-electron chi connectivity index (χ4n) is 6.37. The van der Waals surface area contributed by atoms with Gasteiger partial charge in [-0.3, -0.25) is 33.5 Å². The minimum atomic E-state index is -3.94. The van der Waals surface area contributed by atoms with E-state index in [1.165, 1.54) is 68.5 Å². The molecule has 0 aliphatic carbocycles. The normalized spacial score (nSPS) is 12.0. The Bertz CT molecular complexity index is 3410. The molecule has 0 aliphatic rings. The van der Waals surface area contributed by atoms with E-state index in [4.69, 9.17) is 27.4 Å². The second-order valence-electron chi connectivity index (χ2n) is 15.1. The van der Waals surface area contributed by atoms with Gasteiger partial charge >= 0.3 is 10.1 Å². The number of H-pyrrole nitrogens is 1. The summed E-state index contributed by atoms with van der Waals surface area (Å²) in [6.45, 7) is 9.81. The van der Waals surface area contributed by atoms with E-state index >= 15 is 0 Å². The van der Waals surface area contributed by atoms with Crippen LogP contribution in [0.4, 0.5) is 0 Å². The Labute approximate surface area is 402 Å². The van der Waals surface area contributed by atoms with Crippen LogP contribution < -0.4 is 9.74 Å². The van der Waals surface area contributed by atoms with Crippen LogP contribution in [0.2, 0.25) is 10.0 Å². The van der Waals surface area contributed by atoms with Gasteiger partial charge in [-0.1, -0.05) is 30.1 Å². The number of nitrogens with one attached hydrogen (secondary N) is 1. The predicted molar refractivity (Wildman–Crippen MR) is 252 cm³/mol. The fourth-order valence-corrected chi connectivity index (χ4v) is 9.52. The summed E-state index contributed by atoms with van der Waals surface area (Å²) in [4.78, 5) is 38.7. The number of ketones is 2. The number of aryl methyl sites for hydroxylation is 6. The molecule has 6 aromatic rings. The first-order valence-electron chi connectivity index (χ1n) is 19.6. The molecule has 0 spiro atoms. The van der Waals surface area contributed by atoms with Crippen molar-refractivity contribution in [1.82, 2.24) is 39.1 Å². The van der Waals surface area contributed by atoms with Crippen LogP contribution in [0, 0.1) is 27.7 Å². The van der Waals surface area contributed by atoms with Crippen LogP contribution in [-0.4, -0.2) is 108 Å². The molecule has 0 atom stereocenters. The maximum absolute atomic E-state index is 13.5. The topological polar surface area (TPSA) is 271 Å². The molecule has 1 N–H and O–H groups in total. The van der Waals surface area contributed by atoms with Gasteiger partial charge in [-0.2, -0.15) is 23.7 Å². The first-order chi connectivity index (χ1) is 30.8. The Morgan fingerprint density at radius 2 is 1.12 bits per heavy atom. The summed E-state index contributed by atoms with van der Waals surface area (Å²) in [5.41, 5.74) is 2.31. The summed E-state index contributed by atoms with van der Waals surface area (Å²) in [5.74, 6) is -1.75. The maximum atomic E-state index is 13.5. The van der Waals surface area contributed by atoms with Gasteiger partial charge in [0.1, 0.15) is 11.1 Å². The number of halogens is 3. The molecule has 2 aromatic carbocycles. The third kappa shape index (κ3) is 13.3. The van der Waals surface area contributed by atoms with Crippen molar-refractivity contribution in [1.29, 1.82) is 0 Å². The highest BCUT2D eigenvalue weighted by Crippen LogP contribution is 2.34. The molecule has 27 heteroatoms. The highest BCUT2D eigenvalue weighted by molar-refractivity contribution is 8.13. The Balaban J connectivity index is 0.000000263. The summed E-state index contributed by atoms with van der Waals surface area (Å²) in [6, 6.07) is 5.27. The molecule has 0 amide bonds. The number of aromatic amines is 1. The van der Waals surface area contributed by atoms with Crippen molar-refractivity contribution in [2.75, 3.05) is 24.0 Å². The minimum absolute atomic E-state index is 0.00849. The van der Waals surface area contributed by atoms with Crippen molar-refractivity contribution < 1.29 is 47.4 Å². The van der Waals surface area contributed by atoms with Crippen molar-refractivity contribution in [3.63, 3.8) is 0 Å². The third-order valence-corrected chi connectivity index (χ3v) is 15.3. The predicted octanol–water partition coefficient (Wildman–Crippen LogP) is 4.74. The largest absolute Gasteiger partial charge is 0.361 e. The number of carbonyl (C=O) groups excluding carboxylic acids is 2. The summed E-state index contributed by atoms with van der Waals surface area (Å²) >= 11 is 13.1. The van der Waals surface area contributed by atoms with E-state index in [-0.39, 0.29) is 89.4 Å². The molecule has 6 rings (SSSR count). The zero-order valence-corrected chi connectivity index (χ0v) is 43.3. The van der Waals surface area contributed by atoms with Gasteiger partial charge in [-0.15, -0.1) is 0 Å². The molecule has 364 valence electrons. The van der Waals surface area contributed by atoms with Gasteiger partial charge < -0.3 is 4.18 Å². The number of hydrogen-bond acceptors (Lipinski definition) is 15. The number of rotatable bonds is 14. The molecule has 0 aliphatic heterocycles. The van der Waals surface area contributed by atoms with Crippen molar-refractivity contribution in [3.05, 3.63) is 125 Å². The second-order valence-corrected chi connectivity index (χ2v) is 24.7. The number of benzene rings is 2. The Kier molecular flexibility index (Phi) is 17.1. The lowest BCUT2D eigenvalue weighted by Crippen LogP contribution is -2.20. The van der Waals surface area contributed by atoms with E-state index in [0.29, 0.717) is 5.69 Å². The van der Waals surface area contributed by atoms with E-state index in [2.05, 4.69) is 31.1 Å². The molecular formula is C40H47Cl3N8O12S4.